The number of likely N-dealkylation sites (N-methyl/N-ethyl adjacent to an activating group) is 1. The van der Waals surface area contributed by atoms with E-state index in [4.69, 9.17) is 4.99 Å². The Morgan fingerprint density at radius 2 is 1.78 bits per heavy atom. The molecule has 1 aliphatic heterocycles. The molecule has 3 aromatic carbocycles. The van der Waals surface area contributed by atoms with Gasteiger partial charge in [0.15, 0.2) is 0 Å². The zero-order chi connectivity index (χ0) is 22.7. The fourth-order valence-electron chi connectivity index (χ4n) is 3.77. The van der Waals surface area contributed by atoms with Gasteiger partial charge in [0.2, 0.25) is 5.91 Å². The van der Waals surface area contributed by atoms with E-state index in [9.17, 15) is 14.9 Å². The topological polar surface area (TPSA) is 87.8 Å². The van der Waals surface area contributed by atoms with Crippen molar-refractivity contribution < 1.29 is 9.72 Å². The molecule has 1 unspecified atom stereocenters. The molecule has 7 heteroatoms. The highest BCUT2D eigenvalue weighted by Gasteiger charge is 2.36. The first-order valence-electron chi connectivity index (χ1n) is 10.4. The predicted octanol–water partition coefficient (Wildman–Crippen LogP) is 4.56. The molecule has 0 fully saturated rings. The molecule has 162 valence electrons. The Morgan fingerprint density at radius 1 is 1.06 bits per heavy atom. The van der Waals surface area contributed by atoms with Crippen LogP contribution in [0.15, 0.2) is 77.8 Å². The van der Waals surface area contributed by atoms with Gasteiger partial charge >= 0.3 is 0 Å². The molecule has 0 aliphatic carbocycles. The Hall–Kier alpha value is -3.84. The smallest absolute Gasteiger partial charge is 0.269 e. The lowest BCUT2D eigenvalue weighted by molar-refractivity contribution is -0.384. The van der Waals surface area contributed by atoms with E-state index in [2.05, 4.69) is 10.2 Å². The summed E-state index contributed by atoms with van der Waals surface area (Å²) in [6.07, 6.45) is 0.935. The van der Waals surface area contributed by atoms with Crippen LogP contribution in [0.4, 0.5) is 17.1 Å². The Morgan fingerprint density at radius 3 is 2.44 bits per heavy atom. The van der Waals surface area contributed by atoms with Gasteiger partial charge in [-0.05, 0) is 49.8 Å². The lowest BCUT2D eigenvalue weighted by atomic mass is 9.90. The van der Waals surface area contributed by atoms with Gasteiger partial charge in [0.05, 0.1) is 16.3 Å². The summed E-state index contributed by atoms with van der Waals surface area (Å²) in [4.78, 5) is 30.8. The number of hydrogen-bond donors (Lipinski definition) is 1. The Bertz CT molecular complexity index is 1170. The molecule has 0 radical (unpaired) electrons. The van der Waals surface area contributed by atoms with E-state index in [0.29, 0.717) is 17.0 Å². The van der Waals surface area contributed by atoms with E-state index in [1.54, 1.807) is 6.07 Å². The number of fused-ring (bicyclic) bond motifs is 1. The van der Waals surface area contributed by atoms with Gasteiger partial charge in [-0.15, -0.1) is 0 Å². The second-order valence-electron chi connectivity index (χ2n) is 8.03. The largest absolute Gasteiger partial charge is 0.325 e. The Balaban J connectivity index is 1.76. The van der Waals surface area contributed by atoms with E-state index < -0.39 is 10.8 Å². The second kappa shape index (κ2) is 9.11. The molecule has 3 aromatic rings. The van der Waals surface area contributed by atoms with Gasteiger partial charge in [-0.3, -0.25) is 19.9 Å². The van der Waals surface area contributed by atoms with E-state index in [1.807, 2.05) is 68.7 Å². The van der Waals surface area contributed by atoms with Crippen LogP contribution in [0, 0.1) is 10.1 Å². The third-order valence-corrected chi connectivity index (χ3v) is 5.45. The number of nitrogens with zero attached hydrogens (tertiary/aromatic N) is 3. The van der Waals surface area contributed by atoms with Gasteiger partial charge in [-0.2, -0.15) is 0 Å². The molecule has 7 nitrogen and oxygen atoms in total. The van der Waals surface area contributed by atoms with Gasteiger partial charge in [-0.25, -0.2) is 0 Å². The maximum atomic E-state index is 13.0. The Labute approximate surface area is 186 Å². The van der Waals surface area contributed by atoms with Crippen LogP contribution in [0.1, 0.15) is 22.6 Å². The van der Waals surface area contributed by atoms with Crippen molar-refractivity contribution >= 4 is 28.7 Å². The average molecular weight is 428 g/mol. The van der Waals surface area contributed by atoms with E-state index >= 15 is 0 Å². The first-order chi connectivity index (χ1) is 15.4. The second-order valence-corrected chi connectivity index (χ2v) is 8.03. The molecule has 32 heavy (non-hydrogen) atoms. The third-order valence-electron chi connectivity index (χ3n) is 5.45. The van der Waals surface area contributed by atoms with Crippen molar-refractivity contribution in [3.8, 4) is 0 Å². The van der Waals surface area contributed by atoms with Crippen LogP contribution in [0.3, 0.4) is 0 Å². The molecule has 1 N–H and O–H groups in total. The van der Waals surface area contributed by atoms with Gasteiger partial charge in [0, 0.05) is 29.9 Å². The molecule has 4 rings (SSSR count). The summed E-state index contributed by atoms with van der Waals surface area (Å²) < 4.78 is 0. The summed E-state index contributed by atoms with van der Waals surface area (Å²) in [7, 11) is 4.08. The van der Waals surface area contributed by atoms with Crippen molar-refractivity contribution in [2.24, 2.45) is 4.99 Å². The number of benzene rings is 3. The minimum Gasteiger partial charge on any atom is -0.325 e. The summed E-state index contributed by atoms with van der Waals surface area (Å²) in [5.41, 5.74) is 4.38. The van der Waals surface area contributed by atoms with Crippen molar-refractivity contribution in [3.63, 3.8) is 0 Å². The van der Waals surface area contributed by atoms with Gasteiger partial charge in [0.1, 0.15) is 5.92 Å². The SMILES string of the molecule is CN(C)CCc1ccc(N=C(c2ccccc2)C2C(=O)Nc3ccc([N+](=O)[O-])cc32)cc1. The summed E-state index contributed by atoms with van der Waals surface area (Å²) in [5.74, 6) is -0.980. The minimum atomic E-state index is -0.735. The number of rotatable bonds is 7. The van der Waals surface area contributed by atoms with Crippen molar-refractivity contribution in [3.05, 3.63) is 99.6 Å². The number of aliphatic imine (C=N–C) groups is 1. The lowest BCUT2D eigenvalue weighted by Gasteiger charge is -2.14. The fraction of sp³-hybridized carbons (Fsp3) is 0.200. The first-order valence-corrected chi connectivity index (χ1v) is 10.4. The molecular weight excluding hydrogens is 404 g/mol. The zero-order valence-electron chi connectivity index (χ0n) is 18.0. The molecule has 0 saturated heterocycles. The van der Waals surface area contributed by atoms with Crippen LogP contribution in [0.25, 0.3) is 0 Å². The number of nitrogens with one attached hydrogen (secondary N) is 1. The average Bonchev–Trinajstić information content (AvgIpc) is 3.12. The Kier molecular flexibility index (Phi) is 6.09. The predicted molar refractivity (Wildman–Crippen MR) is 126 cm³/mol. The van der Waals surface area contributed by atoms with Crippen molar-refractivity contribution in [2.75, 3.05) is 26.0 Å². The lowest BCUT2D eigenvalue weighted by Crippen LogP contribution is -2.22. The summed E-state index contributed by atoms with van der Waals surface area (Å²) in [6, 6.07) is 21.9. The highest BCUT2D eigenvalue weighted by atomic mass is 16.6. The number of amides is 1. The molecule has 1 aliphatic rings. The van der Waals surface area contributed by atoms with Crippen LogP contribution < -0.4 is 5.32 Å². The molecule has 0 spiro atoms. The summed E-state index contributed by atoms with van der Waals surface area (Å²) >= 11 is 0. The molecule has 0 saturated carbocycles. The normalized spacial score (nSPS) is 15.5. The fourth-order valence-corrected chi connectivity index (χ4v) is 3.77. The number of carbonyl (C=O) groups is 1. The van der Waals surface area contributed by atoms with Gasteiger partial charge in [0.25, 0.3) is 5.69 Å². The highest BCUT2D eigenvalue weighted by Crippen LogP contribution is 2.38. The maximum Gasteiger partial charge on any atom is 0.269 e. The van der Waals surface area contributed by atoms with Crippen LogP contribution in [0.5, 0.6) is 0 Å². The standard InChI is InChI=1S/C25H24N4O3/c1-28(2)15-14-17-8-10-19(11-9-17)26-24(18-6-4-3-5-7-18)23-21-16-20(29(31)32)12-13-22(21)27-25(23)30/h3-13,16,23H,14-15H2,1-2H3,(H,27,30). The first kappa shape index (κ1) is 21.4. The van der Waals surface area contributed by atoms with Crippen LogP contribution in [0.2, 0.25) is 0 Å². The molecule has 0 aromatic heterocycles. The van der Waals surface area contributed by atoms with E-state index in [0.717, 1.165) is 24.2 Å². The van der Waals surface area contributed by atoms with Crippen LogP contribution in [-0.2, 0) is 11.2 Å². The summed E-state index contributed by atoms with van der Waals surface area (Å²) in [6.45, 7) is 0.954. The molecule has 0 bridgehead atoms. The van der Waals surface area contributed by atoms with Crippen molar-refractivity contribution in [2.45, 2.75) is 12.3 Å². The van der Waals surface area contributed by atoms with Gasteiger partial charge in [-0.1, -0.05) is 42.5 Å². The quantitative estimate of drug-likeness (QED) is 0.340. The molecular formula is C25H24N4O3. The summed E-state index contributed by atoms with van der Waals surface area (Å²) in [5, 5.41) is 14.2. The van der Waals surface area contributed by atoms with Crippen LogP contribution in [-0.4, -0.2) is 42.1 Å². The third kappa shape index (κ3) is 4.58. The monoisotopic (exact) mass is 428 g/mol. The molecule has 1 amide bonds. The molecule has 1 heterocycles. The number of anilines is 1. The minimum absolute atomic E-state index is 0.0529. The number of nitro groups is 1. The number of carbonyl (C=O) groups excluding carboxylic acids is 1. The zero-order valence-corrected chi connectivity index (χ0v) is 18.0. The maximum absolute atomic E-state index is 13.0. The van der Waals surface area contributed by atoms with E-state index in [1.165, 1.54) is 17.7 Å². The van der Waals surface area contributed by atoms with E-state index in [-0.39, 0.29) is 11.6 Å². The number of non-ortho nitro benzene ring substituents is 1. The number of hydrogen-bond acceptors (Lipinski definition) is 5. The number of nitro benzene ring substituents is 1. The van der Waals surface area contributed by atoms with Crippen molar-refractivity contribution in [1.82, 2.24) is 4.90 Å². The highest BCUT2D eigenvalue weighted by molar-refractivity contribution is 6.24. The van der Waals surface area contributed by atoms with Gasteiger partial charge < -0.3 is 10.2 Å². The molecule has 1 atom stereocenters. The van der Waals surface area contributed by atoms with Crippen LogP contribution >= 0.6 is 0 Å². The van der Waals surface area contributed by atoms with Crippen molar-refractivity contribution in [1.29, 1.82) is 0 Å².